The highest BCUT2D eigenvalue weighted by molar-refractivity contribution is 6.04. The standard InChI is InChI=1S/C38H60O7/c1-7-9-11-13-14-16-17-19-31(39)44-25-28-22-29-33-35(5,6)37(33,45-32(40)20-18-15-12-10-8-2)23-27(4)38(29,43)30-21-26(3)34(41)36(30,42)24-28/h21-22,27,29-30,33,42-43H,7-20,23-25H2,1-6H3/t27-,29+,30-,33-,36-,37+,38-/m1/s1. The number of aliphatic hydroxyl groups is 2. The van der Waals surface area contributed by atoms with Crippen molar-refractivity contribution in [2.75, 3.05) is 6.61 Å². The molecule has 0 heterocycles. The molecule has 0 saturated heterocycles. The SMILES string of the molecule is CCCCCCCCCC(=O)OCC1=C[C@H]2[C@@H]3C(C)(C)[C@]3(OC(=O)CCCCCCC)C[C@@H](C)[C@]2(O)[C@@H]2C=C(C)C(=O)[C@@]2(O)C1. The second kappa shape index (κ2) is 14.4. The van der Waals surface area contributed by atoms with E-state index in [1.54, 1.807) is 13.0 Å². The first kappa shape index (κ1) is 35.9. The van der Waals surface area contributed by atoms with Crippen LogP contribution in [0.25, 0.3) is 0 Å². The van der Waals surface area contributed by atoms with E-state index in [9.17, 15) is 24.6 Å². The van der Waals surface area contributed by atoms with Crippen molar-refractivity contribution in [2.24, 2.45) is 29.1 Å². The molecule has 0 unspecified atom stereocenters. The van der Waals surface area contributed by atoms with Gasteiger partial charge in [-0.05, 0) is 43.3 Å². The van der Waals surface area contributed by atoms with Crippen LogP contribution in [0, 0.1) is 29.1 Å². The van der Waals surface area contributed by atoms with Crippen LogP contribution in [-0.2, 0) is 23.9 Å². The molecule has 0 aromatic heterocycles. The van der Waals surface area contributed by atoms with Crippen LogP contribution in [0.4, 0.5) is 0 Å². The Hall–Kier alpha value is -1.99. The Balaban J connectivity index is 1.52. The molecule has 0 spiro atoms. The van der Waals surface area contributed by atoms with E-state index < -0.39 is 34.1 Å². The number of hydrogen-bond donors (Lipinski definition) is 2. The fourth-order valence-corrected chi connectivity index (χ4v) is 9.19. The van der Waals surface area contributed by atoms with Crippen LogP contribution in [0.1, 0.15) is 144 Å². The van der Waals surface area contributed by atoms with Crippen molar-refractivity contribution in [2.45, 2.75) is 161 Å². The van der Waals surface area contributed by atoms with E-state index in [0.29, 0.717) is 30.4 Å². The van der Waals surface area contributed by atoms with Crippen LogP contribution < -0.4 is 0 Å². The number of carbonyl (C=O) groups is 3. The van der Waals surface area contributed by atoms with Crippen molar-refractivity contribution in [3.05, 3.63) is 23.3 Å². The predicted octanol–water partition coefficient (Wildman–Crippen LogP) is 7.56. The largest absolute Gasteiger partial charge is 0.461 e. The summed E-state index contributed by atoms with van der Waals surface area (Å²) in [6.45, 7) is 12.2. The topological polar surface area (TPSA) is 110 Å². The van der Waals surface area contributed by atoms with E-state index >= 15 is 0 Å². The highest BCUT2D eigenvalue weighted by atomic mass is 16.6. The molecule has 0 aromatic rings. The third-order valence-electron chi connectivity index (χ3n) is 11.9. The Morgan fingerprint density at radius 1 is 0.867 bits per heavy atom. The molecule has 7 nitrogen and oxygen atoms in total. The molecule has 0 aliphatic heterocycles. The van der Waals surface area contributed by atoms with Gasteiger partial charge in [0.15, 0.2) is 5.78 Å². The highest BCUT2D eigenvalue weighted by Crippen LogP contribution is 2.76. The van der Waals surface area contributed by atoms with Crippen LogP contribution in [0.3, 0.4) is 0 Å². The second-order valence-electron chi connectivity index (χ2n) is 15.4. The number of ether oxygens (including phenoxy) is 2. The molecule has 254 valence electrons. The van der Waals surface area contributed by atoms with Gasteiger partial charge in [0.05, 0.1) is 5.60 Å². The van der Waals surface area contributed by atoms with Crippen molar-refractivity contribution in [3.8, 4) is 0 Å². The van der Waals surface area contributed by atoms with Crippen LogP contribution in [0.2, 0.25) is 0 Å². The van der Waals surface area contributed by atoms with Gasteiger partial charge in [-0.25, -0.2) is 0 Å². The molecule has 2 N–H and O–H groups in total. The third kappa shape index (κ3) is 6.86. The second-order valence-corrected chi connectivity index (χ2v) is 15.4. The lowest BCUT2D eigenvalue weighted by atomic mass is 9.60. The van der Waals surface area contributed by atoms with E-state index in [4.69, 9.17) is 9.47 Å². The maximum Gasteiger partial charge on any atom is 0.306 e. The maximum atomic E-state index is 13.5. The molecule has 2 fully saturated rings. The molecule has 7 heteroatoms. The van der Waals surface area contributed by atoms with Crippen molar-refractivity contribution in [1.29, 1.82) is 0 Å². The average Bonchev–Trinajstić information content (AvgIpc) is 3.39. The van der Waals surface area contributed by atoms with Gasteiger partial charge in [0.25, 0.3) is 0 Å². The first-order chi connectivity index (χ1) is 21.3. The number of ketones is 1. The molecule has 4 aliphatic carbocycles. The van der Waals surface area contributed by atoms with Crippen molar-refractivity contribution in [3.63, 3.8) is 0 Å². The van der Waals surface area contributed by atoms with Gasteiger partial charge in [-0.2, -0.15) is 0 Å². The quantitative estimate of drug-likeness (QED) is 0.0972. The molecule has 4 aliphatic rings. The molecule has 0 aromatic carbocycles. The first-order valence-corrected chi connectivity index (χ1v) is 18.0. The summed E-state index contributed by atoms with van der Waals surface area (Å²) in [5.41, 5.74) is -3.30. The number of esters is 2. The molecule has 0 radical (unpaired) electrons. The molecular formula is C38H60O7. The van der Waals surface area contributed by atoms with Gasteiger partial charge in [-0.1, -0.05) is 111 Å². The van der Waals surface area contributed by atoms with Crippen LogP contribution >= 0.6 is 0 Å². The summed E-state index contributed by atoms with van der Waals surface area (Å²) in [7, 11) is 0. The minimum atomic E-state index is -1.81. The number of fused-ring (bicyclic) bond motifs is 5. The van der Waals surface area contributed by atoms with Crippen LogP contribution in [-0.4, -0.2) is 51.3 Å². The van der Waals surface area contributed by atoms with Gasteiger partial charge >= 0.3 is 11.9 Å². The van der Waals surface area contributed by atoms with Gasteiger partial charge in [0.1, 0.15) is 17.8 Å². The van der Waals surface area contributed by atoms with E-state index in [1.165, 1.54) is 32.1 Å². The highest BCUT2D eigenvalue weighted by Gasteiger charge is 2.83. The lowest BCUT2D eigenvalue weighted by molar-refractivity contribution is -0.187. The maximum absolute atomic E-state index is 13.5. The summed E-state index contributed by atoms with van der Waals surface area (Å²) in [5.74, 6) is -2.71. The Morgan fingerprint density at radius 2 is 1.42 bits per heavy atom. The lowest BCUT2D eigenvalue weighted by Gasteiger charge is -2.50. The zero-order valence-electron chi connectivity index (χ0n) is 28.9. The fourth-order valence-electron chi connectivity index (χ4n) is 9.19. The lowest BCUT2D eigenvalue weighted by Crippen LogP contribution is -2.61. The van der Waals surface area contributed by atoms with Crippen molar-refractivity contribution >= 4 is 17.7 Å². The zero-order valence-corrected chi connectivity index (χ0v) is 28.9. The van der Waals surface area contributed by atoms with Gasteiger partial charge in [0.2, 0.25) is 0 Å². The fraction of sp³-hybridized carbons (Fsp3) is 0.816. The summed E-state index contributed by atoms with van der Waals surface area (Å²) >= 11 is 0. The molecule has 0 amide bonds. The number of Topliss-reactive ketones (excluding diaryl/α,β-unsaturated/α-hetero) is 1. The zero-order chi connectivity index (χ0) is 33.0. The summed E-state index contributed by atoms with van der Waals surface area (Å²) in [4.78, 5) is 39.3. The molecule has 2 saturated carbocycles. The molecule has 0 bridgehead atoms. The smallest absolute Gasteiger partial charge is 0.306 e. The van der Waals surface area contributed by atoms with Gasteiger partial charge in [-0.15, -0.1) is 0 Å². The first-order valence-electron chi connectivity index (χ1n) is 18.0. The number of rotatable bonds is 17. The van der Waals surface area contributed by atoms with Crippen LogP contribution in [0.5, 0.6) is 0 Å². The predicted molar refractivity (Wildman–Crippen MR) is 175 cm³/mol. The Labute approximate surface area is 271 Å². The minimum absolute atomic E-state index is 0.00171. The summed E-state index contributed by atoms with van der Waals surface area (Å²) in [6, 6.07) is 0. The molecule has 4 rings (SSSR count). The van der Waals surface area contributed by atoms with E-state index in [2.05, 4.69) is 27.7 Å². The van der Waals surface area contributed by atoms with E-state index in [0.717, 1.165) is 44.9 Å². The monoisotopic (exact) mass is 628 g/mol. The normalized spacial score (nSPS) is 34.5. The van der Waals surface area contributed by atoms with Gasteiger partial charge in [-0.3, -0.25) is 14.4 Å². The van der Waals surface area contributed by atoms with Crippen molar-refractivity contribution < 1.29 is 34.1 Å². The number of carbonyl (C=O) groups excluding carboxylic acids is 3. The summed E-state index contributed by atoms with van der Waals surface area (Å²) < 4.78 is 12.1. The summed E-state index contributed by atoms with van der Waals surface area (Å²) in [5, 5.41) is 24.7. The Kier molecular flexibility index (Phi) is 11.5. The number of unbranched alkanes of at least 4 members (excludes halogenated alkanes) is 10. The van der Waals surface area contributed by atoms with Gasteiger partial charge < -0.3 is 19.7 Å². The molecule has 45 heavy (non-hydrogen) atoms. The minimum Gasteiger partial charge on any atom is -0.461 e. The Bertz CT molecular complexity index is 1150. The van der Waals surface area contributed by atoms with Gasteiger partial charge in [0, 0.05) is 42.4 Å². The third-order valence-corrected chi connectivity index (χ3v) is 11.9. The average molecular weight is 629 g/mol. The van der Waals surface area contributed by atoms with Crippen molar-refractivity contribution in [1.82, 2.24) is 0 Å². The number of hydrogen-bond acceptors (Lipinski definition) is 7. The molecular weight excluding hydrogens is 568 g/mol. The Morgan fingerprint density at radius 3 is 2.02 bits per heavy atom. The van der Waals surface area contributed by atoms with E-state index in [1.807, 2.05) is 13.0 Å². The van der Waals surface area contributed by atoms with Crippen LogP contribution in [0.15, 0.2) is 23.3 Å². The van der Waals surface area contributed by atoms with E-state index in [-0.39, 0.29) is 42.6 Å². The molecule has 7 atom stereocenters. The summed E-state index contributed by atoms with van der Waals surface area (Å²) in [6.07, 6.45) is 17.9.